The van der Waals surface area contributed by atoms with Crippen LogP contribution in [0.2, 0.25) is 0 Å². The molecule has 1 atom stereocenters. The summed E-state index contributed by atoms with van der Waals surface area (Å²) in [6.45, 7) is 0.913. The number of halogens is 2. The van der Waals surface area contributed by atoms with Crippen molar-refractivity contribution in [1.29, 1.82) is 0 Å². The molecule has 2 aromatic rings. The highest BCUT2D eigenvalue weighted by Crippen LogP contribution is 2.16. The Balaban J connectivity index is 1.89. The maximum absolute atomic E-state index is 13.2. The summed E-state index contributed by atoms with van der Waals surface area (Å²) >= 11 is 0. The zero-order chi connectivity index (χ0) is 17.4. The van der Waals surface area contributed by atoms with Gasteiger partial charge in [-0.3, -0.25) is 4.99 Å². The van der Waals surface area contributed by atoms with Gasteiger partial charge in [-0.15, -0.1) is 0 Å². The second-order valence-corrected chi connectivity index (χ2v) is 5.21. The Morgan fingerprint density at radius 1 is 1.08 bits per heavy atom. The summed E-state index contributed by atoms with van der Waals surface area (Å²) in [5, 5.41) is 6.25. The summed E-state index contributed by atoms with van der Waals surface area (Å²) < 4.78 is 31.6. The highest BCUT2D eigenvalue weighted by atomic mass is 19.1. The summed E-state index contributed by atoms with van der Waals surface area (Å²) in [6, 6.07) is 12.6. The number of rotatable bonds is 6. The molecule has 0 saturated heterocycles. The Bertz CT molecular complexity index is 674. The summed E-state index contributed by atoms with van der Waals surface area (Å²) in [6.07, 6.45) is -0.238. The summed E-state index contributed by atoms with van der Waals surface area (Å²) in [4.78, 5) is 4.12. The van der Waals surface area contributed by atoms with E-state index < -0.39 is 0 Å². The maximum Gasteiger partial charge on any atom is 0.191 e. The minimum atomic E-state index is -0.283. The highest BCUT2D eigenvalue weighted by Gasteiger charge is 2.11. The molecule has 0 aromatic heterocycles. The van der Waals surface area contributed by atoms with E-state index in [9.17, 15) is 8.78 Å². The van der Waals surface area contributed by atoms with Crippen LogP contribution in [0.1, 0.15) is 17.2 Å². The first-order chi connectivity index (χ1) is 11.6. The van der Waals surface area contributed by atoms with Gasteiger partial charge in [-0.1, -0.05) is 24.3 Å². The van der Waals surface area contributed by atoms with Crippen molar-refractivity contribution in [3.8, 4) is 0 Å². The third kappa shape index (κ3) is 5.31. The molecule has 6 heteroatoms. The van der Waals surface area contributed by atoms with Crippen molar-refractivity contribution in [1.82, 2.24) is 10.6 Å². The summed E-state index contributed by atoms with van der Waals surface area (Å²) in [5.74, 6) is 0.0190. The van der Waals surface area contributed by atoms with Gasteiger partial charge >= 0.3 is 0 Å². The lowest BCUT2D eigenvalue weighted by atomic mass is 10.1. The molecule has 0 amide bonds. The lowest BCUT2D eigenvalue weighted by molar-refractivity contribution is 0.106. The largest absolute Gasteiger partial charge is 0.375 e. The normalized spacial score (nSPS) is 12.8. The first kappa shape index (κ1) is 17.9. The topological polar surface area (TPSA) is 45.7 Å². The van der Waals surface area contributed by atoms with E-state index in [0.717, 1.165) is 11.1 Å². The first-order valence-electron chi connectivity index (χ1n) is 7.59. The van der Waals surface area contributed by atoms with Gasteiger partial charge in [-0.2, -0.15) is 0 Å². The van der Waals surface area contributed by atoms with Gasteiger partial charge in [0, 0.05) is 27.2 Å². The van der Waals surface area contributed by atoms with E-state index in [1.807, 2.05) is 6.07 Å². The number of ether oxygens (including phenoxy) is 1. The molecule has 0 bridgehead atoms. The average Bonchev–Trinajstić information content (AvgIpc) is 2.59. The number of guanidine groups is 1. The number of aliphatic imine (C=N–C) groups is 1. The van der Waals surface area contributed by atoms with Crippen molar-refractivity contribution in [3.05, 3.63) is 71.3 Å². The highest BCUT2D eigenvalue weighted by molar-refractivity contribution is 5.79. The Labute approximate surface area is 140 Å². The van der Waals surface area contributed by atoms with Gasteiger partial charge in [0.15, 0.2) is 5.96 Å². The molecule has 2 rings (SSSR count). The molecular weight excluding hydrogens is 312 g/mol. The Hall–Kier alpha value is -2.47. The monoisotopic (exact) mass is 333 g/mol. The Kier molecular flexibility index (Phi) is 6.69. The van der Waals surface area contributed by atoms with Gasteiger partial charge in [-0.25, -0.2) is 8.78 Å². The van der Waals surface area contributed by atoms with E-state index in [0.29, 0.717) is 19.0 Å². The predicted octanol–water partition coefficient (Wildman–Crippen LogP) is 3.02. The van der Waals surface area contributed by atoms with Gasteiger partial charge in [0.2, 0.25) is 0 Å². The number of benzene rings is 2. The number of nitrogens with zero attached hydrogens (tertiary/aromatic N) is 1. The maximum atomic E-state index is 13.2. The molecule has 0 fully saturated rings. The molecular formula is C18H21F2N3O. The van der Waals surface area contributed by atoms with Crippen molar-refractivity contribution in [2.45, 2.75) is 12.6 Å². The Morgan fingerprint density at radius 3 is 2.46 bits per heavy atom. The molecule has 2 N–H and O–H groups in total. The Morgan fingerprint density at radius 2 is 1.83 bits per heavy atom. The molecule has 4 nitrogen and oxygen atoms in total. The molecule has 2 aromatic carbocycles. The summed E-state index contributed by atoms with van der Waals surface area (Å²) in [5.41, 5.74) is 1.69. The quantitative estimate of drug-likeness (QED) is 0.631. The van der Waals surface area contributed by atoms with E-state index in [1.165, 1.54) is 24.3 Å². The van der Waals surface area contributed by atoms with E-state index in [2.05, 4.69) is 15.6 Å². The van der Waals surface area contributed by atoms with Crippen molar-refractivity contribution in [2.24, 2.45) is 4.99 Å². The number of nitrogens with one attached hydrogen (secondary N) is 2. The van der Waals surface area contributed by atoms with E-state index in [1.54, 1.807) is 32.4 Å². The molecule has 0 spiro atoms. The van der Waals surface area contributed by atoms with Crippen LogP contribution in [0.25, 0.3) is 0 Å². The number of methoxy groups -OCH3 is 1. The van der Waals surface area contributed by atoms with E-state index in [4.69, 9.17) is 4.74 Å². The molecule has 128 valence electrons. The van der Waals surface area contributed by atoms with Crippen LogP contribution in [0.15, 0.2) is 53.5 Å². The third-order valence-electron chi connectivity index (χ3n) is 3.55. The fraction of sp³-hybridized carbons (Fsp3) is 0.278. The molecule has 1 unspecified atom stereocenters. The number of hydrogen-bond acceptors (Lipinski definition) is 2. The standard InChI is InChI=1S/C18H21F2N3O/c1-21-18(22-11-13-4-3-5-16(20)10-13)23-12-17(24-2)14-6-8-15(19)9-7-14/h3-10,17H,11-12H2,1-2H3,(H2,21,22,23). The van der Waals surface area contributed by atoms with Gasteiger partial charge < -0.3 is 15.4 Å². The zero-order valence-corrected chi connectivity index (χ0v) is 13.7. The van der Waals surface area contributed by atoms with Crippen LogP contribution in [0.5, 0.6) is 0 Å². The molecule has 24 heavy (non-hydrogen) atoms. The van der Waals surface area contributed by atoms with Crippen LogP contribution < -0.4 is 10.6 Å². The molecule has 0 saturated carbocycles. The number of hydrogen-bond donors (Lipinski definition) is 2. The first-order valence-corrected chi connectivity index (χ1v) is 7.59. The molecule has 0 aliphatic heterocycles. The van der Waals surface area contributed by atoms with Crippen LogP contribution in [0.4, 0.5) is 8.78 Å². The van der Waals surface area contributed by atoms with Crippen LogP contribution in [-0.4, -0.2) is 26.7 Å². The lowest BCUT2D eigenvalue weighted by Gasteiger charge is -2.19. The minimum absolute atomic E-state index is 0.238. The SMILES string of the molecule is CN=C(NCc1cccc(F)c1)NCC(OC)c1ccc(F)cc1. The van der Waals surface area contributed by atoms with Crippen LogP contribution in [0.3, 0.4) is 0 Å². The molecule has 0 radical (unpaired) electrons. The van der Waals surface area contributed by atoms with Crippen molar-refractivity contribution in [2.75, 3.05) is 20.7 Å². The summed E-state index contributed by atoms with van der Waals surface area (Å²) in [7, 11) is 3.25. The smallest absolute Gasteiger partial charge is 0.191 e. The third-order valence-corrected chi connectivity index (χ3v) is 3.55. The average molecular weight is 333 g/mol. The fourth-order valence-electron chi connectivity index (χ4n) is 2.26. The molecule has 0 aliphatic rings. The van der Waals surface area contributed by atoms with Crippen LogP contribution >= 0.6 is 0 Å². The second-order valence-electron chi connectivity index (χ2n) is 5.21. The van der Waals surface area contributed by atoms with Crippen molar-refractivity contribution < 1.29 is 13.5 Å². The van der Waals surface area contributed by atoms with Gasteiger partial charge in [0.25, 0.3) is 0 Å². The van der Waals surface area contributed by atoms with Crippen molar-refractivity contribution >= 4 is 5.96 Å². The van der Waals surface area contributed by atoms with Crippen molar-refractivity contribution in [3.63, 3.8) is 0 Å². The fourth-order valence-corrected chi connectivity index (χ4v) is 2.26. The lowest BCUT2D eigenvalue weighted by Crippen LogP contribution is -2.39. The zero-order valence-electron chi connectivity index (χ0n) is 13.7. The van der Waals surface area contributed by atoms with Gasteiger partial charge in [0.1, 0.15) is 11.6 Å². The second kappa shape index (κ2) is 8.98. The van der Waals surface area contributed by atoms with Gasteiger partial charge in [0.05, 0.1) is 6.10 Å². The van der Waals surface area contributed by atoms with Crippen LogP contribution in [0, 0.1) is 11.6 Å². The van der Waals surface area contributed by atoms with E-state index in [-0.39, 0.29) is 17.7 Å². The predicted molar refractivity (Wildman–Crippen MR) is 90.8 cm³/mol. The molecule has 0 heterocycles. The van der Waals surface area contributed by atoms with Gasteiger partial charge in [-0.05, 0) is 35.4 Å². The van der Waals surface area contributed by atoms with E-state index >= 15 is 0 Å². The molecule has 0 aliphatic carbocycles. The van der Waals surface area contributed by atoms with Crippen LogP contribution in [-0.2, 0) is 11.3 Å². The minimum Gasteiger partial charge on any atom is -0.375 e.